The minimum absolute atomic E-state index is 1.25. The zero-order valence-corrected chi connectivity index (χ0v) is 8.27. The lowest BCUT2D eigenvalue weighted by Crippen LogP contribution is -1.84. The van der Waals surface area contributed by atoms with Crippen molar-refractivity contribution >= 4 is 0 Å². The highest BCUT2D eigenvalue weighted by atomic mass is 14.0. The van der Waals surface area contributed by atoms with Gasteiger partial charge in [-0.1, -0.05) is 35.9 Å². The third-order valence-corrected chi connectivity index (χ3v) is 2.18. The molecule has 0 radical (unpaired) electrons. The maximum absolute atomic E-state index is 2.19. The van der Waals surface area contributed by atoms with Gasteiger partial charge in [-0.05, 0) is 6.92 Å². The van der Waals surface area contributed by atoms with Crippen molar-refractivity contribution in [1.82, 2.24) is 0 Å². The van der Waals surface area contributed by atoms with Crippen molar-refractivity contribution in [3.63, 3.8) is 0 Å². The molecule has 0 saturated carbocycles. The zero-order chi connectivity index (χ0) is 9.80. The van der Waals surface area contributed by atoms with Gasteiger partial charge in [0.2, 0.25) is 0 Å². The quantitative estimate of drug-likeness (QED) is 0.621. The lowest BCUT2D eigenvalue weighted by Gasteiger charge is -2.09. The van der Waals surface area contributed by atoms with Crippen molar-refractivity contribution in [2.75, 3.05) is 0 Å². The Labute approximate surface area is 85.2 Å². The van der Waals surface area contributed by atoms with Crippen molar-refractivity contribution in [3.8, 4) is 0 Å². The Hall–Kier alpha value is -1.69. The Morgan fingerprint density at radius 1 is 0.786 bits per heavy atom. The van der Waals surface area contributed by atoms with Crippen molar-refractivity contribution in [3.05, 3.63) is 77.7 Å². The van der Waals surface area contributed by atoms with E-state index >= 15 is 0 Å². The zero-order valence-electron chi connectivity index (χ0n) is 8.27. The second kappa shape index (κ2) is 4.01. The van der Waals surface area contributed by atoms with Crippen LogP contribution in [-0.2, 0) is 0 Å². The molecule has 14 heavy (non-hydrogen) atoms. The predicted octanol–water partition coefficient (Wildman–Crippen LogP) is 3.60. The Bertz CT molecular complexity index is 401. The summed E-state index contributed by atoms with van der Waals surface area (Å²) in [6.07, 6.45) is 2.19. The van der Waals surface area contributed by atoms with Crippen LogP contribution in [0.25, 0.3) is 0 Å². The average molecular weight is 181 g/mol. The molecule has 0 fully saturated rings. The molecule has 0 aromatic heterocycles. The first-order chi connectivity index (χ1) is 6.84. The molecule has 0 aliphatic carbocycles. The normalized spacial score (nSPS) is 9.79. The Morgan fingerprint density at radius 3 is 2.21 bits per heavy atom. The smallest absolute Gasteiger partial charge is 0.0469 e. The van der Waals surface area contributed by atoms with Crippen LogP contribution in [0, 0.1) is 13.3 Å². The second-order valence-electron chi connectivity index (χ2n) is 3.47. The molecule has 0 N–H and O–H groups in total. The highest BCUT2D eigenvalue weighted by Crippen LogP contribution is 2.12. The third-order valence-electron chi connectivity index (χ3n) is 2.18. The molecular weight excluding hydrogens is 168 g/mol. The summed E-state index contributed by atoms with van der Waals surface area (Å²) in [5.41, 5.74) is 3.81. The summed E-state index contributed by atoms with van der Waals surface area (Å²) < 4.78 is 0. The van der Waals surface area contributed by atoms with E-state index in [2.05, 4.69) is 61.9 Å². The van der Waals surface area contributed by atoms with E-state index < -0.39 is 0 Å². The van der Waals surface area contributed by atoms with E-state index in [0.29, 0.717) is 0 Å². The highest BCUT2D eigenvalue weighted by Gasteiger charge is 1.87. The van der Waals surface area contributed by atoms with Gasteiger partial charge in [0.1, 0.15) is 0 Å². The van der Waals surface area contributed by atoms with Gasteiger partial charge in [-0.15, -0.1) is 41.8 Å². The maximum Gasteiger partial charge on any atom is -0.0469 e. The van der Waals surface area contributed by atoms with E-state index in [1.54, 1.807) is 0 Å². The number of hydrogen-bond acceptors (Lipinski definition) is 0. The van der Waals surface area contributed by atoms with Crippen LogP contribution in [0.5, 0.6) is 0 Å². The molecule has 0 atom stereocenters. The van der Waals surface area contributed by atoms with Crippen LogP contribution in [0.3, 0.4) is 0 Å². The maximum atomic E-state index is 2.19. The van der Waals surface area contributed by atoms with Gasteiger partial charge in [0.25, 0.3) is 0 Å². The standard InChI is InChI=1S/C14H13/c1-12-6-5-9-14(10-12)11-13-7-3-2-4-8-13/h2-11H,1H3/q-1. The Kier molecular flexibility index (Phi) is 2.55. The topological polar surface area (TPSA) is 0 Å². The largest absolute Gasteiger partial charge is 0.126 e. The van der Waals surface area contributed by atoms with Gasteiger partial charge >= 0.3 is 0 Å². The summed E-state index contributed by atoms with van der Waals surface area (Å²) in [6.45, 7) is 2.11. The van der Waals surface area contributed by atoms with Gasteiger partial charge in [0, 0.05) is 0 Å². The average Bonchev–Trinajstić information content (AvgIpc) is 2.19. The lowest BCUT2D eigenvalue weighted by atomic mass is 10.0. The first kappa shape index (κ1) is 8.89. The molecule has 70 valence electrons. The van der Waals surface area contributed by atoms with Crippen LogP contribution >= 0.6 is 0 Å². The summed E-state index contributed by atoms with van der Waals surface area (Å²) in [7, 11) is 0. The highest BCUT2D eigenvalue weighted by molar-refractivity contribution is 5.38. The van der Waals surface area contributed by atoms with Crippen molar-refractivity contribution in [2.45, 2.75) is 6.92 Å². The lowest BCUT2D eigenvalue weighted by molar-refractivity contribution is 1.38. The molecule has 0 bridgehead atoms. The molecule has 0 heterocycles. The Morgan fingerprint density at radius 2 is 1.50 bits per heavy atom. The van der Waals surface area contributed by atoms with Crippen LogP contribution in [0.1, 0.15) is 16.7 Å². The van der Waals surface area contributed by atoms with Crippen LogP contribution < -0.4 is 0 Å². The predicted molar refractivity (Wildman–Crippen MR) is 60.1 cm³/mol. The van der Waals surface area contributed by atoms with E-state index in [9.17, 15) is 0 Å². The molecule has 2 aromatic carbocycles. The molecule has 0 saturated heterocycles. The van der Waals surface area contributed by atoms with Crippen LogP contribution in [-0.4, -0.2) is 0 Å². The number of benzene rings is 2. The fourth-order valence-electron chi connectivity index (χ4n) is 1.50. The number of hydrogen-bond donors (Lipinski definition) is 0. The molecule has 0 nitrogen and oxygen atoms in total. The van der Waals surface area contributed by atoms with E-state index in [1.165, 1.54) is 16.7 Å². The summed E-state index contributed by atoms with van der Waals surface area (Å²) in [5, 5.41) is 0. The minimum Gasteiger partial charge on any atom is -0.126 e. The SMILES string of the molecule is Cc1cccc([CH-]c2ccccc2)c1. The van der Waals surface area contributed by atoms with E-state index in [-0.39, 0.29) is 0 Å². The summed E-state index contributed by atoms with van der Waals surface area (Å²) in [4.78, 5) is 0. The summed E-state index contributed by atoms with van der Waals surface area (Å²) in [6, 6.07) is 18.9. The number of aryl methyl sites for hydroxylation is 1. The van der Waals surface area contributed by atoms with Crippen LogP contribution in [0.2, 0.25) is 0 Å². The van der Waals surface area contributed by atoms with Gasteiger partial charge in [0.05, 0.1) is 0 Å². The molecule has 2 rings (SSSR count). The van der Waals surface area contributed by atoms with Crippen LogP contribution in [0.4, 0.5) is 0 Å². The molecule has 2 aromatic rings. The van der Waals surface area contributed by atoms with Gasteiger partial charge < -0.3 is 0 Å². The second-order valence-corrected chi connectivity index (χ2v) is 3.47. The van der Waals surface area contributed by atoms with Crippen molar-refractivity contribution < 1.29 is 0 Å². The number of rotatable bonds is 2. The van der Waals surface area contributed by atoms with Crippen molar-refractivity contribution in [2.24, 2.45) is 0 Å². The van der Waals surface area contributed by atoms with Crippen molar-refractivity contribution in [1.29, 1.82) is 0 Å². The van der Waals surface area contributed by atoms with Crippen LogP contribution in [0.15, 0.2) is 54.6 Å². The first-order valence-corrected chi connectivity index (χ1v) is 4.81. The molecule has 0 aliphatic rings. The first-order valence-electron chi connectivity index (χ1n) is 4.81. The van der Waals surface area contributed by atoms with Gasteiger partial charge in [-0.25, -0.2) is 0 Å². The van der Waals surface area contributed by atoms with E-state index in [1.807, 2.05) is 6.07 Å². The Balaban J connectivity index is 2.19. The molecule has 0 unspecified atom stereocenters. The van der Waals surface area contributed by atoms with E-state index in [0.717, 1.165) is 0 Å². The minimum atomic E-state index is 1.25. The van der Waals surface area contributed by atoms with Gasteiger partial charge in [-0.3, -0.25) is 0 Å². The summed E-state index contributed by atoms with van der Waals surface area (Å²) in [5.74, 6) is 0. The third kappa shape index (κ3) is 2.17. The molecule has 0 aliphatic heterocycles. The molecule has 0 amide bonds. The fraction of sp³-hybridized carbons (Fsp3) is 0.0714. The van der Waals surface area contributed by atoms with E-state index in [4.69, 9.17) is 0 Å². The molecular formula is C14H13-. The van der Waals surface area contributed by atoms with Gasteiger partial charge in [0.15, 0.2) is 0 Å². The monoisotopic (exact) mass is 181 g/mol. The molecule has 0 heteroatoms. The fourth-order valence-corrected chi connectivity index (χ4v) is 1.50. The van der Waals surface area contributed by atoms with Gasteiger partial charge in [-0.2, -0.15) is 0 Å². The molecule has 0 spiro atoms. The summed E-state index contributed by atoms with van der Waals surface area (Å²) >= 11 is 0.